The van der Waals surface area contributed by atoms with Crippen LogP contribution in [-0.4, -0.2) is 29.1 Å². The molecule has 5 nitrogen and oxygen atoms in total. The van der Waals surface area contributed by atoms with Gasteiger partial charge >= 0.3 is 0 Å². The molecule has 0 saturated carbocycles. The summed E-state index contributed by atoms with van der Waals surface area (Å²) < 4.78 is 0. The van der Waals surface area contributed by atoms with Crippen molar-refractivity contribution in [3.63, 3.8) is 0 Å². The summed E-state index contributed by atoms with van der Waals surface area (Å²) in [7, 11) is 0. The minimum absolute atomic E-state index is 0.0199. The van der Waals surface area contributed by atoms with Crippen LogP contribution in [0, 0.1) is 6.92 Å². The van der Waals surface area contributed by atoms with Gasteiger partial charge in [0.15, 0.2) is 11.6 Å². The normalized spacial score (nSPS) is 14.1. The molecule has 1 aromatic heterocycles. The molecule has 0 bridgehead atoms. The van der Waals surface area contributed by atoms with Crippen LogP contribution in [0.5, 0.6) is 5.75 Å². The fourth-order valence-corrected chi connectivity index (χ4v) is 1.52. The summed E-state index contributed by atoms with van der Waals surface area (Å²) in [5.74, 6) is -0.0226. The van der Waals surface area contributed by atoms with Crippen molar-refractivity contribution in [1.29, 1.82) is 0 Å². The predicted molar refractivity (Wildman–Crippen MR) is 64.8 cm³/mol. The Morgan fingerprint density at radius 2 is 2.18 bits per heavy atom. The van der Waals surface area contributed by atoms with Crippen molar-refractivity contribution in [2.45, 2.75) is 13.8 Å². The minimum Gasteiger partial charge on any atom is -0.504 e. The van der Waals surface area contributed by atoms with E-state index in [-0.39, 0.29) is 17.5 Å². The molecule has 1 aliphatic rings. The highest BCUT2D eigenvalue weighted by atomic mass is 16.3. The predicted octanol–water partition coefficient (Wildman–Crippen LogP) is 0.954. The molecule has 0 radical (unpaired) electrons. The number of nitrogens with zero attached hydrogens (tertiary/aromatic N) is 1. The molecule has 1 saturated heterocycles. The molecule has 0 atom stereocenters. The van der Waals surface area contributed by atoms with Gasteiger partial charge in [-0.1, -0.05) is 0 Å². The van der Waals surface area contributed by atoms with Crippen LogP contribution in [0.1, 0.15) is 12.6 Å². The molecule has 2 heterocycles. The van der Waals surface area contributed by atoms with Gasteiger partial charge in [0.1, 0.15) is 0 Å². The van der Waals surface area contributed by atoms with Gasteiger partial charge in [-0.2, -0.15) is 0 Å². The van der Waals surface area contributed by atoms with Crippen LogP contribution in [0.15, 0.2) is 23.3 Å². The van der Waals surface area contributed by atoms with E-state index in [2.05, 4.69) is 15.6 Å². The van der Waals surface area contributed by atoms with Crippen molar-refractivity contribution < 1.29 is 9.90 Å². The van der Waals surface area contributed by atoms with Gasteiger partial charge in [0, 0.05) is 24.4 Å². The number of aryl methyl sites for hydroxylation is 1. The summed E-state index contributed by atoms with van der Waals surface area (Å²) in [5, 5.41) is 15.3. The molecule has 0 unspecified atom stereocenters. The molecule has 5 heteroatoms. The molecule has 1 amide bonds. The van der Waals surface area contributed by atoms with Crippen molar-refractivity contribution in [3.05, 3.63) is 29.0 Å². The molecule has 90 valence electrons. The lowest BCUT2D eigenvalue weighted by molar-refractivity contribution is -0.112. The molecular formula is C12H15N3O2. The van der Waals surface area contributed by atoms with E-state index in [0.717, 1.165) is 24.4 Å². The maximum atomic E-state index is 11.9. The molecule has 1 aromatic rings. The quantitative estimate of drug-likeness (QED) is 0.665. The van der Waals surface area contributed by atoms with Gasteiger partial charge in [0.25, 0.3) is 5.91 Å². The average molecular weight is 233 g/mol. The number of hydrogen-bond acceptors (Lipinski definition) is 4. The summed E-state index contributed by atoms with van der Waals surface area (Å²) in [4.78, 5) is 15.9. The Morgan fingerprint density at radius 1 is 1.47 bits per heavy atom. The van der Waals surface area contributed by atoms with Crippen molar-refractivity contribution in [2.24, 2.45) is 0 Å². The largest absolute Gasteiger partial charge is 0.504 e. The lowest BCUT2D eigenvalue weighted by Crippen LogP contribution is -2.36. The number of carbonyl (C=O) groups is 1. The van der Waals surface area contributed by atoms with Crippen molar-refractivity contribution in [2.75, 3.05) is 18.4 Å². The first-order valence-corrected chi connectivity index (χ1v) is 5.45. The first-order valence-electron chi connectivity index (χ1n) is 5.45. The summed E-state index contributed by atoms with van der Waals surface area (Å²) in [6, 6.07) is 3.21. The Kier molecular flexibility index (Phi) is 3.10. The smallest absolute Gasteiger partial charge is 0.252 e. The van der Waals surface area contributed by atoms with Crippen molar-refractivity contribution in [1.82, 2.24) is 10.3 Å². The summed E-state index contributed by atoms with van der Waals surface area (Å²) in [6.45, 7) is 5.09. The highest BCUT2D eigenvalue weighted by Gasteiger charge is 2.17. The average Bonchev–Trinajstić information content (AvgIpc) is 2.21. The van der Waals surface area contributed by atoms with Crippen LogP contribution >= 0.6 is 0 Å². The number of aromatic hydroxyl groups is 1. The Balaban J connectivity index is 2.15. The first-order chi connectivity index (χ1) is 8.08. The van der Waals surface area contributed by atoms with E-state index in [1.807, 2.05) is 0 Å². The number of rotatable bonds is 2. The van der Waals surface area contributed by atoms with Crippen LogP contribution in [0.25, 0.3) is 0 Å². The molecule has 0 aromatic carbocycles. The van der Waals surface area contributed by atoms with E-state index >= 15 is 0 Å². The van der Waals surface area contributed by atoms with E-state index in [9.17, 15) is 9.90 Å². The third-order valence-corrected chi connectivity index (χ3v) is 2.79. The molecule has 0 aliphatic carbocycles. The van der Waals surface area contributed by atoms with Crippen LogP contribution in [-0.2, 0) is 4.79 Å². The maximum absolute atomic E-state index is 11.9. The number of aromatic nitrogens is 1. The lowest BCUT2D eigenvalue weighted by atomic mass is 10.0. The van der Waals surface area contributed by atoms with Gasteiger partial charge in [0.2, 0.25) is 0 Å². The van der Waals surface area contributed by atoms with Crippen LogP contribution in [0.4, 0.5) is 5.82 Å². The van der Waals surface area contributed by atoms with Gasteiger partial charge in [-0.3, -0.25) is 4.79 Å². The SMILES string of the molecule is CC(C(=O)Nc1nc(C)ccc1O)=C1CNC1. The van der Waals surface area contributed by atoms with Crippen LogP contribution in [0.2, 0.25) is 0 Å². The summed E-state index contributed by atoms with van der Waals surface area (Å²) >= 11 is 0. The van der Waals surface area contributed by atoms with E-state index in [1.165, 1.54) is 6.07 Å². The van der Waals surface area contributed by atoms with Crippen molar-refractivity contribution in [3.8, 4) is 5.75 Å². The van der Waals surface area contributed by atoms with E-state index in [4.69, 9.17) is 0 Å². The molecule has 2 rings (SSSR count). The van der Waals surface area contributed by atoms with Crippen LogP contribution < -0.4 is 10.6 Å². The Morgan fingerprint density at radius 3 is 2.76 bits per heavy atom. The van der Waals surface area contributed by atoms with E-state index in [0.29, 0.717) is 5.57 Å². The number of nitrogens with one attached hydrogen (secondary N) is 2. The number of anilines is 1. The lowest BCUT2D eigenvalue weighted by Gasteiger charge is -2.21. The van der Waals surface area contributed by atoms with E-state index in [1.54, 1.807) is 19.9 Å². The monoisotopic (exact) mass is 233 g/mol. The summed E-state index contributed by atoms with van der Waals surface area (Å²) in [5.41, 5.74) is 2.52. The Hall–Kier alpha value is -1.88. The van der Waals surface area contributed by atoms with Gasteiger partial charge in [-0.05, 0) is 31.6 Å². The highest BCUT2D eigenvalue weighted by Crippen LogP contribution is 2.21. The zero-order valence-corrected chi connectivity index (χ0v) is 9.87. The number of pyridine rings is 1. The van der Waals surface area contributed by atoms with Gasteiger partial charge in [-0.25, -0.2) is 4.98 Å². The number of carbonyl (C=O) groups excluding carboxylic acids is 1. The molecule has 0 spiro atoms. The fraction of sp³-hybridized carbons (Fsp3) is 0.333. The molecule has 1 fully saturated rings. The third kappa shape index (κ3) is 2.45. The van der Waals surface area contributed by atoms with Crippen LogP contribution in [0.3, 0.4) is 0 Å². The van der Waals surface area contributed by atoms with Gasteiger partial charge in [0.05, 0.1) is 0 Å². The molecule has 17 heavy (non-hydrogen) atoms. The molecule has 3 N–H and O–H groups in total. The Bertz CT molecular complexity index is 489. The Labute approximate surface area is 99.6 Å². The second kappa shape index (κ2) is 4.55. The molecular weight excluding hydrogens is 218 g/mol. The standard InChI is InChI=1S/C12H15N3O2/c1-7-3-4-10(16)11(14-7)15-12(17)8(2)9-5-13-6-9/h3-4,13,16H,5-6H2,1-2H3,(H,14,15,17). The topological polar surface area (TPSA) is 74.2 Å². The fourth-order valence-electron chi connectivity index (χ4n) is 1.52. The minimum atomic E-state index is -0.213. The molecule has 1 aliphatic heterocycles. The third-order valence-electron chi connectivity index (χ3n) is 2.79. The summed E-state index contributed by atoms with van der Waals surface area (Å²) in [6.07, 6.45) is 0. The van der Waals surface area contributed by atoms with Gasteiger partial charge in [-0.15, -0.1) is 0 Å². The zero-order valence-electron chi connectivity index (χ0n) is 9.87. The highest BCUT2D eigenvalue weighted by molar-refractivity contribution is 6.04. The number of hydrogen-bond donors (Lipinski definition) is 3. The zero-order chi connectivity index (χ0) is 12.4. The maximum Gasteiger partial charge on any atom is 0.252 e. The number of amides is 1. The van der Waals surface area contributed by atoms with Crippen molar-refractivity contribution >= 4 is 11.7 Å². The van der Waals surface area contributed by atoms with Gasteiger partial charge < -0.3 is 15.7 Å². The van der Waals surface area contributed by atoms with E-state index < -0.39 is 0 Å². The first kappa shape index (κ1) is 11.6. The second-order valence-electron chi connectivity index (χ2n) is 4.11. The second-order valence-corrected chi connectivity index (χ2v) is 4.11.